The van der Waals surface area contributed by atoms with Crippen LogP contribution in [0.3, 0.4) is 0 Å². The van der Waals surface area contributed by atoms with Gasteiger partial charge in [0.05, 0.1) is 17.0 Å². The molecule has 5 rings (SSSR count). The molecule has 1 aliphatic heterocycles. The highest BCUT2D eigenvalue weighted by Crippen LogP contribution is 2.41. The molecule has 0 aliphatic carbocycles. The molecule has 2 heterocycles. The van der Waals surface area contributed by atoms with Gasteiger partial charge in [-0.3, -0.25) is 14.5 Å². The van der Waals surface area contributed by atoms with Gasteiger partial charge in [-0.25, -0.2) is 0 Å². The van der Waals surface area contributed by atoms with Crippen molar-refractivity contribution in [2.75, 3.05) is 4.90 Å². The fraction of sp³-hybridized carbons (Fsp3) is 0.120. The lowest BCUT2D eigenvalue weighted by Crippen LogP contribution is -2.29. The zero-order valence-corrected chi connectivity index (χ0v) is 18.1. The van der Waals surface area contributed by atoms with E-state index in [0.717, 1.165) is 17.5 Å². The van der Waals surface area contributed by atoms with Crippen molar-refractivity contribution in [1.29, 1.82) is 0 Å². The molecular weight excluding hydrogens is 433 g/mol. The van der Waals surface area contributed by atoms with Gasteiger partial charge in [-0.2, -0.15) is 0 Å². The lowest BCUT2D eigenvalue weighted by molar-refractivity contribution is 0.0971. The molecule has 0 radical (unpaired) electrons. The fourth-order valence-corrected chi connectivity index (χ4v) is 4.47. The van der Waals surface area contributed by atoms with E-state index in [0.29, 0.717) is 32.3 Å². The van der Waals surface area contributed by atoms with E-state index < -0.39 is 6.04 Å². The summed E-state index contributed by atoms with van der Waals surface area (Å²) in [6, 6.07) is 19.1. The van der Waals surface area contributed by atoms with E-state index in [4.69, 9.17) is 27.6 Å². The number of amides is 1. The molecule has 0 bridgehead atoms. The zero-order valence-electron chi connectivity index (χ0n) is 16.6. The van der Waals surface area contributed by atoms with Gasteiger partial charge in [-0.1, -0.05) is 54.4 Å². The van der Waals surface area contributed by atoms with Crippen molar-refractivity contribution >= 4 is 45.8 Å². The average molecular weight is 450 g/mol. The summed E-state index contributed by atoms with van der Waals surface area (Å²) in [6.45, 7) is 2.07. The Labute approximate surface area is 188 Å². The van der Waals surface area contributed by atoms with Gasteiger partial charge >= 0.3 is 0 Å². The summed E-state index contributed by atoms with van der Waals surface area (Å²) >= 11 is 12.4. The average Bonchev–Trinajstić information content (AvgIpc) is 3.07. The van der Waals surface area contributed by atoms with E-state index in [1.165, 1.54) is 0 Å². The van der Waals surface area contributed by atoms with Gasteiger partial charge in [0.2, 0.25) is 5.76 Å². The minimum absolute atomic E-state index is 0.0457. The summed E-state index contributed by atoms with van der Waals surface area (Å²) in [5.41, 5.74) is 2.91. The van der Waals surface area contributed by atoms with Crippen LogP contribution in [0.15, 0.2) is 75.9 Å². The van der Waals surface area contributed by atoms with Crippen LogP contribution in [0.5, 0.6) is 0 Å². The number of hydrogen-bond acceptors (Lipinski definition) is 3. The maximum atomic E-state index is 13.5. The molecule has 4 nitrogen and oxygen atoms in total. The van der Waals surface area contributed by atoms with E-state index >= 15 is 0 Å². The lowest BCUT2D eigenvalue weighted by atomic mass is 9.98. The summed E-state index contributed by atoms with van der Waals surface area (Å²) in [6.07, 6.45) is 0.887. The number of carbonyl (C=O) groups excluding carboxylic acids is 1. The van der Waals surface area contributed by atoms with Crippen LogP contribution in [0.1, 0.15) is 40.2 Å². The van der Waals surface area contributed by atoms with Gasteiger partial charge in [-0.15, -0.1) is 0 Å². The first-order chi connectivity index (χ1) is 15.0. The first-order valence-corrected chi connectivity index (χ1v) is 10.7. The fourth-order valence-electron chi connectivity index (χ4n) is 4.10. The third-order valence-corrected chi connectivity index (χ3v) is 6.09. The molecule has 0 saturated heterocycles. The number of halogens is 2. The summed E-state index contributed by atoms with van der Waals surface area (Å²) in [4.78, 5) is 28.6. The second-order valence-corrected chi connectivity index (χ2v) is 8.34. The van der Waals surface area contributed by atoms with Crippen molar-refractivity contribution in [2.45, 2.75) is 19.4 Å². The van der Waals surface area contributed by atoms with Crippen LogP contribution in [-0.2, 0) is 6.42 Å². The second-order valence-electron chi connectivity index (χ2n) is 7.47. The Morgan fingerprint density at radius 2 is 1.68 bits per heavy atom. The molecule has 1 unspecified atom stereocenters. The second kappa shape index (κ2) is 7.56. The summed E-state index contributed by atoms with van der Waals surface area (Å²) in [7, 11) is 0. The number of benzene rings is 3. The molecule has 0 spiro atoms. The summed E-state index contributed by atoms with van der Waals surface area (Å²) in [5.74, 6) is -0.317. The quantitative estimate of drug-likeness (QED) is 0.362. The van der Waals surface area contributed by atoms with Crippen LogP contribution >= 0.6 is 23.2 Å². The van der Waals surface area contributed by atoms with Crippen molar-refractivity contribution in [3.63, 3.8) is 0 Å². The lowest BCUT2D eigenvalue weighted by Gasteiger charge is -2.25. The van der Waals surface area contributed by atoms with E-state index in [9.17, 15) is 9.59 Å². The van der Waals surface area contributed by atoms with Gasteiger partial charge in [0.25, 0.3) is 5.91 Å². The highest BCUT2D eigenvalue weighted by Gasteiger charge is 2.43. The van der Waals surface area contributed by atoms with Gasteiger partial charge < -0.3 is 4.42 Å². The number of hydrogen-bond donors (Lipinski definition) is 0. The van der Waals surface area contributed by atoms with Crippen molar-refractivity contribution in [1.82, 2.24) is 0 Å². The van der Waals surface area contributed by atoms with Gasteiger partial charge in [-0.05, 0) is 60.0 Å². The predicted molar refractivity (Wildman–Crippen MR) is 123 cm³/mol. The number of carbonyl (C=O) groups is 1. The molecule has 0 N–H and O–H groups in total. The van der Waals surface area contributed by atoms with E-state index in [1.807, 2.05) is 30.3 Å². The molecule has 31 heavy (non-hydrogen) atoms. The number of rotatable bonds is 3. The molecule has 1 aromatic heterocycles. The van der Waals surface area contributed by atoms with Crippen molar-refractivity contribution < 1.29 is 9.21 Å². The van der Waals surface area contributed by atoms with Crippen molar-refractivity contribution in [3.05, 3.63) is 109 Å². The zero-order chi connectivity index (χ0) is 21.7. The monoisotopic (exact) mass is 449 g/mol. The standard InChI is InChI=1S/C25H17Cl2NO3/c1-2-14-6-9-18(10-7-14)28-22(15-4-3-5-16(26)12-15)21-23(29)19-13-17(27)8-11-20(19)31-24(21)25(28)30/h3-13,22H,2H2,1H3. The van der Waals surface area contributed by atoms with Gasteiger partial charge in [0.15, 0.2) is 5.43 Å². The maximum absolute atomic E-state index is 13.5. The van der Waals surface area contributed by atoms with Crippen molar-refractivity contribution in [2.24, 2.45) is 0 Å². The predicted octanol–water partition coefficient (Wildman–Crippen LogP) is 6.41. The van der Waals surface area contributed by atoms with Crippen LogP contribution in [0, 0.1) is 0 Å². The molecule has 0 saturated carbocycles. The van der Waals surface area contributed by atoms with Crippen LogP contribution in [0.4, 0.5) is 5.69 Å². The molecule has 1 atom stereocenters. The smallest absolute Gasteiger partial charge is 0.295 e. The molecule has 0 fully saturated rings. The first kappa shape index (κ1) is 19.9. The molecule has 1 aliphatic rings. The van der Waals surface area contributed by atoms with E-state index in [2.05, 4.69) is 6.92 Å². The number of aryl methyl sites for hydroxylation is 1. The Hall–Kier alpha value is -3.08. The third-order valence-electron chi connectivity index (χ3n) is 5.62. The number of nitrogens with zero attached hydrogens (tertiary/aromatic N) is 1. The Morgan fingerprint density at radius 3 is 2.39 bits per heavy atom. The number of fused-ring (bicyclic) bond motifs is 2. The highest BCUT2D eigenvalue weighted by atomic mass is 35.5. The molecule has 4 aromatic rings. The van der Waals surface area contributed by atoms with Crippen LogP contribution in [0.2, 0.25) is 10.0 Å². The minimum atomic E-state index is -0.659. The Kier molecular flexibility index (Phi) is 4.84. The van der Waals surface area contributed by atoms with E-state index in [1.54, 1.807) is 41.3 Å². The Bertz CT molecular complexity index is 1390. The van der Waals surface area contributed by atoms with Gasteiger partial charge in [0.1, 0.15) is 5.58 Å². The Morgan fingerprint density at radius 1 is 0.935 bits per heavy atom. The minimum Gasteiger partial charge on any atom is -0.450 e. The van der Waals surface area contributed by atoms with E-state index in [-0.39, 0.29) is 17.1 Å². The molecule has 154 valence electrons. The summed E-state index contributed by atoms with van der Waals surface area (Å²) < 4.78 is 5.95. The van der Waals surface area contributed by atoms with Gasteiger partial charge in [0, 0.05) is 15.7 Å². The molecule has 6 heteroatoms. The Balaban J connectivity index is 1.80. The third kappa shape index (κ3) is 3.23. The molecule has 1 amide bonds. The first-order valence-electron chi connectivity index (χ1n) is 9.92. The summed E-state index contributed by atoms with van der Waals surface area (Å²) in [5, 5.41) is 1.29. The molecular formula is C25H17Cl2NO3. The largest absolute Gasteiger partial charge is 0.450 e. The van der Waals surface area contributed by atoms with Crippen LogP contribution < -0.4 is 10.3 Å². The SMILES string of the molecule is CCc1ccc(N2C(=O)c3oc4ccc(Cl)cc4c(=O)c3C2c2cccc(Cl)c2)cc1. The highest BCUT2D eigenvalue weighted by molar-refractivity contribution is 6.31. The topological polar surface area (TPSA) is 50.5 Å². The van der Waals surface area contributed by atoms with Crippen LogP contribution in [0.25, 0.3) is 11.0 Å². The molecule has 3 aromatic carbocycles. The normalized spacial score (nSPS) is 15.5. The maximum Gasteiger partial charge on any atom is 0.295 e. The number of anilines is 1. The van der Waals surface area contributed by atoms with Crippen LogP contribution in [-0.4, -0.2) is 5.91 Å². The van der Waals surface area contributed by atoms with Crippen molar-refractivity contribution in [3.8, 4) is 0 Å².